The maximum Gasteiger partial charge on any atom is 0.258 e. The van der Waals surface area contributed by atoms with Gasteiger partial charge in [0.25, 0.3) is 11.8 Å². The van der Waals surface area contributed by atoms with Crippen molar-refractivity contribution in [2.45, 2.75) is 26.5 Å². The molecule has 158 valence electrons. The maximum absolute atomic E-state index is 12.5. The van der Waals surface area contributed by atoms with E-state index < -0.39 is 11.6 Å². The SMILES string of the molecule is Cc1cnc(NC(=O)c2cc(O)cc(Oc3ccc4c(c3)OC(C)(C)NC4=O)c2)cn1. The molecule has 2 heterocycles. The monoisotopic (exact) mass is 420 g/mol. The Hall–Kier alpha value is -4.14. The lowest BCUT2D eigenvalue weighted by atomic mass is 10.1. The first-order valence-electron chi connectivity index (χ1n) is 9.46. The number of aromatic hydroxyl groups is 1. The van der Waals surface area contributed by atoms with Crippen LogP contribution in [0.3, 0.4) is 0 Å². The van der Waals surface area contributed by atoms with Crippen LogP contribution in [-0.2, 0) is 0 Å². The Bertz CT molecular complexity index is 1180. The van der Waals surface area contributed by atoms with Crippen molar-refractivity contribution in [3.05, 3.63) is 65.6 Å². The van der Waals surface area contributed by atoms with Gasteiger partial charge < -0.3 is 25.2 Å². The number of phenolic OH excluding ortho intramolecular Hbond substituents is 1. The summed E-state index contributed by atoms with van der Waals surface area (Å²) in [6.07, 6.45) is 2.98. The molecule has 0 spiro atoms. The molecule has 4 rings (SSSR count). The van der Waals surface area contributed by atoms with Gasteiger partial charge in [-0.2, -0.15) is 0 Å². The lowest BCUT2D eigenvalue weighted by Crippen LogP contribution is -2.51. The van der Waals surface area contributed by atoms with E-state index in [-0.39, 0.29) is 28.8 Å². The molecular formula is C22H20N4O5. The molecule has 0 radical (unpaired) electrons. The zero-order valence-corrected chi connectivity index (χ0v) is 17.1. The maximum atomic E-state index is 12.5. The minimum atomic E-state index is -0.849. The van der Waals surface area contributed by atoms with E-state index in [0.717, 1.165) is 5.69 Å². The summed E-state index contributed by atoms with van der Waals surface area (Å²) in [5.41, 5.74) is 0.438. The van der Waals surface area contributed by atoms with Gasteiger partial charge in [0.15, 0.2) is 11.5 Å². The molecule has 0 saturated carbocycles. The smallest absolute Gasteiger partial charge is 0.258 e. The number of nitrogens with zero attached hydrogens (tertiary/aromatic N) is 2. The van der Waals surface area contributed by atoms with Gasteiger partial charge in [-0.05, 0) is 45.0 Å². The van der Waals surface area contributed by atoms with Gasteiger partial charge in [-0.3, -0.25) is 14.6 Å². The van der Waals surface area contributed by atoms with Gasteiger partial charge in [-0.25, -0.2) is 4.98 Å². The largest absolute Gasteiger partial charge is 0.508 e. The minimum absolute atomic E-state index is 0.146. The van der Waals surface area contributed by atoms with Crippen LogP contribution in [0, 0.1) is 6.92 Å². The fourth-order valence-corrected chi connectivity index (χ4v) is 3.03. The number of hydrogen-bond donors (Lipinski definition) is 3. The Morgan fingerprint density at radius 3 is 2.68 bits per heavy atom. The molecule has 3 N–H and O–H groups in total. The third-order valence-electron chi connectivity index (χ3n) is 4.39. The molecule has 0 aliphatic carbocycles. The lowest BCUT2D eigenvalue weighted by molar-refractivity contribution is 0.0431. The van der Waals surface area contributed by atoms with E-state index in [1.165, 1.54) is 30.6 Å². The van der Waals surface area contributed by atoms with E-state index in [9.17, 15) is 14.7 Å². The normalized spacial score (nSPS) is 14.1. The van der Waals surface area contributed by atoms with Crippen molar-refractivity contribution in [1.29, 1.82) is 0 Å². The van der Waals surface area contributed by atoms with Crippen molar-refractivity contribution < 1.29 is 24.2 Å². The van der Waals surface area contributed by atoms with Crippen molar-refractivity contribution >= 4 is 17.6 Å². The topological polar surface area (TPSA) is 123 Å². The zero-order valence-electron chi connectivity index (χ0n) is 17.1. The Morgan fingerprint density at radius 1 is 1.13 bits per heavy atom. The van der Waals surface area contributed by atoms with Crippen molar-refractivity contribution in [1.82, 2.24) is 15.3 Å². The summed E-state index contributed by atoms with van der Waals surface area (Å²) in [5, 5.41) is 15.4. The number of amides is 2. The van der Waals surface area contributed by atoms with E-state index in [2.05, 4.69) is 20.6 Å². The van der Waals surface area contributed by atoms with Gasteiger partial charge in [0.2, 0.25) is 0 Å². The van der Waals surface area contributed by atoms with Gasteiger partial charge in [-0.15, -0.1) is 0 Å². The number of hydrogen-bond acceptors (Lipinski definition) is 7. The number of aryl methyl sites for hydroxylation is 1. The molecule has 2 amide bonds. The Labute approximate surface area is 178 Å². The second-order valence-electron chi connectivity index (χ2n) is 7.54. The van der Waals surface area contributed by atoms with Crippen molar-refractivity contribution in [3.63, 3.8) is 0 Å². The number of ether oxygens (including phenoxy) is 2. The Morgan fingerprint density at radius 2 is 1.94 bits per heavy atom. The van der Waals surface area contributed by atoms with Gasteiger partial charge in [0, 0.05) is 17.7 Å². The van der Waals surface area contributed by atoms with Gasteiger partial charge in [0.1, 0.15) is 23.0 Å². The summed E-state index contributed by atoms with van der Waals surface area (Å²) in [6, 6.07) is 8.94. The van der Waals surface area contributed by atoms with Crippen molar-refractivity contribution in [2.75, 3.05) is 5.32 Å². The highest BCUT2D eigenvalue weighted by Gasteiger charge is 2.31. The van der Waals surface area contributed by atoms with Crippen LogP contribution < -0.4 is 20.1 Å². The first kappa shape index (κ1) is 20.1. The number of benzene rings is 2. The van der Waals surface area contributed by atoms with Crippen LogP contribution in [-0.4, -0.2) is 32.6 Å². The van der Waals surface area contributed by atoms with Gasteiger partial charge in [0.05, 0.1) is 23.7 Å². The summed E-state index contributed by atoms with van der Waals surface area (Å²) in [7, 11) is 0. The first-order chi connectivity index (χ1) is 14.7. The zero-order chi connectivity index (χ0) is 22.2. The van der Waals surface area contributed by atoms with Crippen LogP contribution in [0.5, 0.6) is 23.0 Å². The first-order valence-corrected chi connectivity index (χ1v) is 9.46. The van der Waals surface area contributed by atoms with Crippen LogP contribution in [0.25, 0.3) is 0 Å². The number of phenols is 1. The molecule has 2 aromatic carbocycles. The third-order valence-corrected chi connectivity index (χ3v) is 4.39. The van der Waals surface area contributed by atoms with Gasteiger partial charge >= 0.3 is 0 Å². The molecule has 1 aromatic heterocycles. The van der Waals surface area contributed by atoms with E-state index >= 15 is 0 Å². The standard InChI is InChI=1S/C22H20N4O5/c1-12-10-24-19(11-23-12)25-20(28)13-6-14(27)8-16(7-13)30-15-4-5-17-18(9-15)31-22(2,3)26-21(17)29/h4-11,27H,1-3H3,(H,26,29)(H,24,25,28). The number of carbonyl (C=O) groups excluding carboxylic acids is 2. The number of carbonyl (C=O) groups is 2. The molecule has 1 aliphatic rings. The average molecular weight is 420 g/mol. The van der Waals surface area contributed by atoms with Crippen LogP contribution >= 0.6 is 0 Å². The molecule has 9 nitrogen and oxygen atoms in total. The highest BCUT2D eigenvalue weighted by atomic mass is 16.5. The fraction of sp³-hybridized carbons (Fsp3) is 0.182. The molecule has 0 unspecified atom stereocenters. The van der Waals surface area contributed by atoms with E-state index in [4.69, 9.17) is 9.47 Å². The molecule has 9 heteroatoms. The van der Waals surface area contributed by atoms with E-state index in [1.54, 1.807) is 39.0 Å². The molecule has 0 saturated heterocycles. The number of anilines is 1. The number of nitrogens with one attached hydrogen (secondary N) is 2. The van der Waals surface area contributed by atoms with Crippen LogP contribution in [0.4, 0.5) is 5.82 Å². The molecule has 1 aliphatic heterocycles. The number of aromatic nitrogens is 2. The summed E-state index contributed by atoms with van der Waals surface area (Å²) < 4.78 is 11.6. The predicted octanol–water partition coefficient (Wildman–Crippen LogP) is 3.39. The highest BCUT2D eigenvalue weighted by molar-refractivity contribution is 6.04. The summed E-state index contributed by atoms with van der Waals surface area (Å²) >= 11 is 0. The molecule has 31 heavy (non-hydrogen) atoms. The number of fused-ring (bicyclic) bond motifs is 1. The van der Waals surface area contributed by atoms with Crippen molar-refractivity contribution in [2.24, 2.45) is 0 Å². The Balaban J connectivity index is 1.56. The molecule has 0 fully saturated rings. The lowest BCUT2D eigenvalue weighted by Gasteiger charge is -2.33. The van der Waals surface area contributed by atoms with Crippen molar-refractivity contribution in [3.8, 4) is 23.0 Å². The molecular weight excluding hydrogens is 400 g/mol. The van der Waals surface area contributed by atoms with Crippen LogP contribution in [0.2, 0.25) is 0 Å². The van der Waals surface area contributed by atoms with Gasteiger partial charge in [-0.1, -0.05) is 0 Å². The molecule has 0 bridgehead atoms. The highest BCUT2D eigenvalue weighted by Crippen LogP contribution is 2.34. The quantitative estimate of drug-likeness (QED) is 0.591. The summed E-state index contributed by atoms with van der Waals surface area (Å²) in [4.78, 5) is 32.9. The number of rotatable bonds is 4. The van der Waals surface area contributed by atoms with E-state index in [0.29, 0.717) is 17.1 Å². The predicted molar refractivity (Wildman–Crippen MR) is 112 cm³/mol. The fourth-order valence-electron chi connectivity index (χ4n) is 3.03. The molecule has 0 atom stereocenters. The van der Waals surface area contributed by atoms with Crippen LogP contribution in [0.1, 0.15) is 40.3 Å². The average Bonchev–Trinajstić information content (AvgIpc) is 2.68. The second-order valence-corrected chi connectivity index (χ2v) is 7.54. The second kappa shape index (κ2) is 7.60. The minimum Gasteiger partial charge on any atom is -0.508 e. The third kappa shape index (κ3) is 4.55. The van der Waals surface area contributed by atoms with E-state index in [1.807, 2.05) is 0 Å². The molecule has 3 aromatic rings. The summed E-state index contributed by atoms with van der Waals surface area (Å²) in [5.74, 6) is 0.411. The summed E-state index contributed by atoms with van der Waals surface area (Å²) in [6.45, 7) is 5.26. The Kier molecular flexibility index (Phi) is 4.94. The van der Waals surface area contributed by atoms with Crippen LogP contribution in [0.15, 0.2) is 48.8 Å².